The fourth-order valence-corrected chi connectivity index (χ4v) is 6.73. The number of aromatic nitrogens is 1. The SMILES string of the molecule is O=C(CSC(c1ccccc1)(c1ccccc1)c1ccccc1)NCc1ccc(C(=O)Nc2cccc3cccnc23)cc1. The quantitative estimate of drug-likeness (QED) is 0.159. The van der Waals surface area contributed by atoms with E-state index < -0.39 is 4.75 Å². The van der Waals surface area contributed by atoms with Gasteiger partial charge in [0.05, 0.1) is 21.7 Å². The highest BCUT2D eigenvalue weighted by molar-refractivity contribution is 8.01. The molecule has 1 aromatic heterocycles. The molecule has 0 atom stereocenters. The molecule has 5 nitrogen and oxygen atoms in total. The zero-order valence-corrected chi connectivity index (χ0v) is 24.8. The molecule has 5 aromatic carbocycles. The molecule has 0 bridgehead atoms. The van der Waals surface area contributed by atoms with E-state index >= 15 is 0 Å². The summed E-state index contributed by atoms with van der Waals surface area (Å²) < 4.78 is -0.560. The number of carbonyl (C=O) groups excluding carboxylic acids is 2. The third-order valence-electron chi connectivity index (χ3n) is 7.55. The lowest BCUT2D eigenvalue weighted by Crippen LogP contribution is -2.31. The van der Waals surface area contributed by atoms with Crippen LogP contribution in [0.15, 0.2) is 152 Å². The van der Waals surface area contributed by atoms with Gasteiger partial charge in [-0.2, -0.15) is 0 Å². The maximum Gasteiger partial charge on any atom is 0.255 e. The Morgan fingerprint density at radius 3 is 1.80 bits per heavy atom. The minimum Gasteiger partial charge on any atom is -0.351 e. The first kappa shape index (κ1) is 28.9. The number of amides is 2. The number of carbonyl (C=O) groups is 2. The molecule has 0 aliphatic rings. The van der Waals surface area contributed by atoms with Crippen molar-refractivity contribution in [2.75, 3.05) is 11.1 Å². The zero-order valence-electron chi connectivity index (χ0n) is 24.0. The van der Waals surface area contributed by atoms with Crippen LogP contribution >= 0.6 is 11.8 Å². The molecule has 0 aliphatic heterocycles. The summed E-state index contributed by atoms with van der Waals surface area (Å²) in [6.07, 6.45) is 1.71. The Morgan fingerprint density at radius 1 is 0.636 bits per heavy atom. The van der Waals surface area contributed by atoms with Crippen LogP contribution < -0.4 is 10.6 Å². The fourth-order valence-electron chi connectivity index (χ4n) is 5.37. The van der Waals surface area contributed by atoms with E-state index in [2.05, 4.69) is 52.0 Å². The molecule has 0 radical (unpaired) electrons. The van der Waals surface area contributed by atoms with Gasteiger partial charge in [-0.25, -0.2) is 0 Å². The van der Waals surface area contributed by atoms with Crippen LogP contribution in [-0.4, -0.2) is 22.6 Å². The lowest BCUT2D eigenvalue weighted by atomic mass is 9.84. The van der Waals surface area contributed by atoms with E-state index in [1.165, 1.54) is 0 Å². The Morgan fingerprint density at radius 2 is 1.20 bits per heavy atom. The van der Waals surface area contributed by atoms with Gasteiger partial charge in [0.1, 0.15) is 0 Å². The van der Waals surface area contributed by atoms with Gasteiger partial charge in [0.2, 0.25) is 5.91 Å². The number of para-hydroxylation sites is 1. The zero-order chi connectivity index (χ0) is 30.2. The molecule has 0 spiro atoms. The van der Waals surface area contributed by atoms with Gasteiger partial charge < -0.3 is 10.6 Å². The Kier molecular flexibility index (Phi) is 8.80. The normalized spacial score (nSPS) is 11.2. The number of anilines is 1. The molecule has 6 aromatic rings. The number of pyridine rings is 1. The third kappa shape index (κ3) is 6.26. The summed E-state index contributed by atoms with van der Waals surface area (Å²) >= 11 is 1.61. The van der Waals surface area contributed by atoms with Gasteiger partial charge in [-0.1, -0.05) is 121 Å². The van der Waals surface area contributed by atoms with Crippen molar-refractivity contribution in [1.82, 2.24) is 10.3 Å². The van der Waals surface area contributed by atoms with Crippen molar-refractivity contribution in [2.45, 2.75) is 11.3 Å². The number of nitrogens with zero attached hydrogens (tertiary/aromatic N) is 1. The van der Waals surface area contributed by atoms with E-state index in [0.29, 0.717) is 17.8 Å². The highest BCUT2D eigenvalue weighted by Gasteiger charge is 2.37. The first-order valence-electron chi connectivity index (χ1n) is 14.4. The van der Waals surface area contributed by atoms with Crippen LogP contribution in [0.5, 0.6) is 0 Å². The molecule has 2 N–H and O–H groups in total. The largest absolute Gasteiger partial charge is 0.351 e. The minimum absolute atomic E-state index is 0.0626. The minimum atomic E-state index is -0.560. The van der Waals surface area contributed by atoms with E-state index in [4.69, 9.17) is 0 Å². The van der Waals surface area contributed by atoms with Gasteiger partial charge in [-0.05, 0) is 46.5 Å². The fraction of sp³-hybridized carbons (Fsp3) is 0.0789. The molecule has 44 heavy (non-hydrogen) atoms. The highest BCUT2D eigenvalue weighted by Crippen LogP contribution is 2.48. The molecule has 0 aliphatic carbocycles. The summed E-state index contributed by atoms with van der Waals surface area (Å²) in [6, 6.07) is 47.8. The molecule has 0 unspecified atom stereocenters. The van der Waals surface area contributed by atoms with Crippen LogP contribution in [0.3, 0.4) is 0 Å². The molecule has 2 amide bonds. The Labute approximate surface area is 261 Å². The highest BCUT2D eigenvalue weighted by atomic mass is 32.2. The number of fused-ring (bicyclic) bond motifs is 1. The van der Waals surface area contributed by atoms with Gasteiger partial charge >= 0.3 is 0 Å². The summed E-state index contributed by atoms with van der Waals surface area (Å²) in [7, 11) is 0. The first-order chi connectivity index (χ1) is 21.6. The van der Waals surface area contributed by atoms with Crippen molar-refractivity contribution in [3.8, 4) is 0 Å². The van der Waals surface area contributed by atoms with Crippen molar-refractivity contribution in [2.24, 2.45) is 0 Å². The van der Waals surface area contributed by atoms with Crippen molar-refractivity contribution in [3.05, 3.63) is 180 Å². The third-order valence-corrected chi connectivity index (χ3v) is 9.09. The standard InChI is InChI=1S/C38H31N3O2S/c42-35(27-44-38(31-14-4-1-5-15-31,32-16-6-2-7-17-32)33-18-8-3-9-19-33)40-26-28-21-23-30(24-22-28)37(43)41-34-20-10-12-29-13-11-25-39-36(29)34/h1-25H,26-27H2,(H,40,42)(H,41,43). The molecular weight excluding hydrogens is 563 g/mol. The van der Waals surface area contributed by atoms with E-state index in [-0.39, 0.29) is 17.6 Å². The van der Waals surface area contributed by atoms with Crippen LogP contribution in [0, 0.1) is 0 Å². The number of nitrogens with one attached hydrogen (secondary N) is 2. The van der Waals surface area contributed by atoms with Crippen LogP contribution in [0.4, 0.5) is 5.69 Å². The smallest absolute Gasteiger partial charge is 0.255 e. The summed E-state index contributed by atoms with van der Waals surface area (Å²) in [5.41, 5.74) is 6.19. The van der Waals surface area contributed by atoms with Crippen LogP contribution in [0.2, 0.25) is 0 Å². The van der Waals surface area contributed by atoms with Crippen molar-refractivity contribution in [1.29, 1.82) is 0 Å². The monoisotopic (exact) mass is 593 g/mol. The number of hydrogen-bond donors (Lipinski definition) is 2. The lowest BCUT2D eigenvalue weighted by molar-refractivity contribution is -0.118. The summed E-state index contributed by atoms with van der Waals surface area (Å²) in [5.74, 6) is -0.0141. The van der Waals surface area contributed by atoms with Gasteiger partial charge in [0, 0.05) is 23.7 Å². The van der Waals surface area contributed by atoms with Crippen LogP contribution in [0.25, 0.3) is 10.9 Å². The number of benzene rings is 5. The molecule has 216 valence electrons. The van der Waals surface area contributed by atoms with Crippen molar-refractivity contribution >= 4 is 40.2 Å². The predicted molar refractivity (Wildman–Crippen MR) is 180 cm³/mol. The van der Waals surface area contributed by atoms with Gasteiger partial charge in [0.15, 0.2) is 0 Å². The number of rotatable bonds is 10. The summed E-state index contributed by atoms with van der Waals surface area (Å²) in [6.45, 7) is 0.365. The average molecular weight is 594 g/mol. The van der Waals surface area contributed by atoms with Crippen molar-refractivity contribution in [3.63, 3.8) is 0 Å². The topological polar surface area (TPSA) is 71.1 Å². The Hall–Kier alpha value is -5.20. The van der Waals surface area contributed by atoms with E-state index in [0.717, 1.165) is 33.2 Å². The number of hydrogen-bond acceptors (Lipinski definition) is 4. The molecule has 0 fully saturated rings. The van der Waals surface area contributed by atoms with E-state index in [1.807, 2.05) is 97.1 Å². The van der Waals surface area contributed by atoms with Crippen LogP contribution in [-0.2, 0) is 16.1 Å². The van der Waals surface area contributed by atoms with Gasteiger partial charge in [0.25, 0.3) is 5.91 Å². The lowest BCUT2D eigenvalue weighted by Gasteiger charge is -2.35. The molecule has 1 heterocycles. The summed E-state index contributed by atoms with van der Waals surface area (Å²) in [5, 5.41) is 7.00. The maximum absolute atomic E-state index is 13.2. The van der Waals surface area contributed by atoms with Crippen molar-refractivity contribution < 1.29 is 9.59 Å². The molecule has 6 heteroatoms. The van der Waals surface area contributed by atoms with Crippen LogP contribution in [0.1, 0.15) is 32.6 Å². The molecule has 6 rings (SSSR count). The molecule has 0 saturated carbocycles. The second kappa shape index (κ2) is 13.4. The Balaban J connectivity index is 1.13. The predicted octanol–water partition coefficient (Wildman–Crippen LogP) is 7.83. The average Bonchev–Trinajstić information content (AvgIpc) is 3.09. The summed E-state index contributed by atoms with van der Waals surface area (Å²) in [4.78, 5) is 30.6. The number of thioether (sulfide) groups is 1. The van der Waals surface area contributed by atoms with E-state index in [9.17, 15) is 9.59 Å². The van der Waals surface area contributed by atoms with Gasteiger partial charge in [-0.3, -0.25) is 14.6 Å². The second-order valence-corrected chi connectivity index (χ2v) is 11.6. The maximum atomic E-state index is 13.2. The molecule has 0 saturated heterocycles. The Bertz CT molecular complexity index is 1760. The molecular formula is C38H31N3O2S. The van der Waals surface area contributed by atoms with E-state index in [1.54, 1.807) is 30.1 Å². The van der Waals surface area contributed by atoms with Gasteiger partial charge in [-0.15, -0.1) is 11.8 Å². The second-order valence-electron chi connectivity index (χ2n) is 10.4. The first-order valence-corrected chi connectivity index (χ1v) is 15.4.